The van der Waals surface area contributed by atoms with Crippen molar-refractivity contribution in [1.29, 1.82) is 0 Å². The van der Waals surface area contributed by atoms with Gasteiger partial charge in [0, 0.05) is 32.5 Å². The van der Waals surface area contributed by atoms with E-state index < -0.39 is 0 Å². The SMILES string of the molecule is CC(=O)N(C)C1=NC2(C)CCCC3CCCC(C)(C32)N1C. The molecule has 2 aliphatic carbocycles. The van der Waals surface area contributed by atoms with Crippen LogP contribution in [-0.2, 0) is 4.79 Å². The van der Waals surface area contributed by atoms with Crippen LogP contribution in [0.2, 0.25) is 0 Å². The molecule has 0 N–H and O–H groups in total. The van der Waals surface area contributed by atoms with E-state index in [-0.39, 0.29) is 17.0 Å². The summed E-state index contributed by atoms with van der Waals surface area (Å²) < 4.78 is 0. The van der Waals surface area contributed by atoms with Gasteiger partial charge < -0.3 is 4.90 Å². The minimum Gasteiger partial charge on any atom is -0.340 e. The van der Waals surface area contributed by atoms with Crippen LogP contribution >= 0.6 is 0 Å². The Morgan fingerprint density at radius 2 is 1.90 bits per heavy atom. The number of carbonyl (C=O) groups excluding carboxylic acids is 1. The predicted molar refractivity (Wildman–Crippen MR) is 85.1 cm³/mol. The van der Waals surface area contributed by atoms with E-state index in [1.54, 1.807) is 11.8 Å². The molecule has 1 aliphatic heterocycles. The molecule has 0 aromatic rings. The molecule has 1 heterocycles. The van der Waals surface area contributed by atoms with Crippen LogP contribution in [0.5, 0.6) is 0 Å². The van der Waals surface area contributed by atoms with E-state index in [0.717, 1.165) is 18.3 Å². The van der Waals surface area contributed by atoms with Gasteiger partial charge in [-0.2, -0.15) is 0 Å². The van der Waals surface area contributed by atoms with E-state index in [2.05, 4.69) is 25.8 Å². The summed E-state index contributed by atoms with van der Waals surface area (Å²) in [5, 5.41) is 0. The number of hydrogen-bond acceptors (Lipinski definition) is 3. The van der Waals surface area contributed by atoms with Crippen molar-refractivity contribution < 1.29 is 4.79 Å². The summed E-state index contributed by atoms with van der Waals surface area (Å²) in [6, 6.07) is 0. The molecule has 0 aromatic carbocycles. The van der Waals surface area contributed by atoms with Crippen LogP contribution in [0.25, 0.3) is 0 Å². The highest BCUT2D eigenvalue weighted by Gasteiger charge is 2.58. The van der Waals surface area contributed by atoms with Gasteiger partial charge in [0.2, 0.25) is 11.9 Å². The van der Waals surface area contributed by atoms with Crippen LogP contribution in [0.3, 0.4) is 0 Å². The molecule has 4 heteroatoms. The smallest absolute Gasteiger partial charge is 0.225 e. The number of amides is 1. The topological polar surface area (TPSA) is 35.9 Å². The average Bonchev–Trinajstić information content (AvgIpc) is 2.42. The van der Waals surface area contributed by atoms with Crippen LogP contribution in [0.15, 0.2) is 4.99 Å². The van der Waals surface area contributed by atoms with Crippen LogP contribution in [-0.4, -0.2) is 46.8 Å². The molecule has 2 fully saturated rings. The first-order chi connectivity index (χ1) is 9.79. The molecule has 0 saturated heterocycles. The van der Waals surface area contributed by atoms with Gasteiger partial charge in [0.05, 0.1) is 5.54 Å². The van der Waals surface area contributed by atoms with Crippen LogP contribution in [0, 0.1) is 11.8 Å². The molecule has 4 unspecified atom stereocenters. The average molecular weight is 291 g/mol. The summed E-state index contributed by atoms with van der Waals surface area (Å²) in [5.41, 5.74) is 0.141. The van der Waals surface area contributed by atoms with Gasteiger partial charge in [-0.15, -0.1) is 0 Å². The Bertz CT molecular complexity index is 486. The van der Waals surface area contributed by atoms with Crippen molar-refractivity contribution in [2.75, 3.05) is 14.1 Å². The first-order valence-corrected chi connectivity index (χ1v) is 8.37. The highest BCUT2D eigenvalue weighted by molar-refractivity contribution is 5.96. The largest absolute Gasteiger partial charge is 0.340 e. The minimum absolute atomic E-state index is 0.00361. The highest BCUT2D eigenvalue weighted by Crippen LogP contribution is 2.56. The molecule has 0 bridgehead atoms. The molecular formula is C17H29N3O. The van der Waals surface area contributed by atoms with Gasteiger partial charge in [0.15, 0.2) is 0 Å². The third-order valence-corrected chi connectivity index (χ3v) is 6.52. The molecule has 118 valence electrons. The number of hydrogen-bond donors (Lipinski definition) is 0. The Hall–Kier alpha value is -1.06. The second-order valence-corrected chi connectivity index (χ2v) is 7.79. The second kappa shape index (κ2) is 4.72. The molecule has 3 aliphatic rings. The fourth-order valence-corrected chi connectivity index (χ4v) is 5.39. The van der Waals surface area contributed by atoms with Crippen LogP contribution in [0.1, 0.15) is 59.3 Å². The Morgan fingerprint density at radius 3 is 2.52 bits per heavy atom. The van der Waals surface area contributed by atoms with Crippen molar-refractivity contribution >= 4 is 11.9 Å². The van der Waals surface area contributed by atoms with Gasteiger partial charge >= 0.3 is 0 Å². The Labute approximate surface area is 128 Å². The van der Waals surface area contributed by atoms with E-state index >= 15 is 0 Å². The molecule has 0 spiro atoms. The van der Waals surface area contributed by atoms with Gasteiger partial charge in [0.1, 0.15) is 0 Å². The normalized spacial score (nSPS) is 42.1. The summed E-state index contributed by atoms with van der Waals surface area (Å²) >= 11 is 0. The zero-order valence-electron chi connectivity index (χ0n) is 14.1. The third kappa shape index (κ3) is 2.01. The van der Waals surface area contributed by atoms with Gasteiger partial charge in [-0.05, 0) is 45.4 Å². The van der Waals surface area contributed by atoms with Crippen molar-refractivity contribution in [3.63, 3.8) is 0 Å². The molecule has 21 heavy (non-hydrogen) atoms. The molecule has 0 radical (unpaired) electrons. The molecule has 1 amide bonds. The van der Waals surface area contributed by atoms with Crippen molar-refractivity contribution in [2.45, 2.75) is 70.4 Å². The van der Waals surface area contributed by atoms with Gasteiger partial charge in [-0.3, -0.25) is 9.69 Å². The van der Waals surface area contributed by atoms with E-state index in [4.69, 9.17) is 4.99 Å². The van der Waals surface area contributed by atoms with Gasteiger partial charge in [-0.1, -0.05) is 12.8 Å². The van der Waals surface area contributed by atoms with Gasteiger partial charge in [0.25, 0.3) is 0 Å². The quantitative estimate of drug-likeness (QED) is 0.688. The number of aliphatic imine (C=N–C) groups is 1. The first-order valence-electron chi connectivity index (χ1n) is 8.37. The Kier molecular flexibility index (Phi) is 3.34. The first kappa shape index (κ1) is 14.9. The lowest BCUT2D eigenvalue weighted by atomic mass is 9.54. The molecule has 2 saturated carbocycles. The van der Waals surface area contributed by atoms with Crippen LogP contribution in [0.4, 0.5) is 0 Å². The van der Waals surface area contributed by atoms with Gasteiger partial charge in [-0.25, -0.2) is 4.99 Å². The number of rotatable bonds is 0. The van der Waals surface area contributed by atoms with E-state index in [0.29, 0.717) is 5.92 Å². The molecule has 4 nitrogen and oxygen atoms in total. The van der Waals surface area contributed by atoms with Crippen molar-refractivity contribution in [3.8, 4) is 0 Å². The maximum Gasteiger partial charge on any atom is 0.225 e. The Balaban J connectivity index is 2.10. The van der Waals surface area contributed by atoms with Crippen LogP contribution < -0.4 is 0 Å². The van der Waals surface area contributed by atoms with E-state index in [1.807, 2.05) is 7.05 Å². The fraction of sp³-hybridized carbons (Fsp3) is 0.882. The summed E-state index contributed by atoms with van der Waals surface area (Å²) in [4.78, 5) is 21.0. The van der Waals surface area contributed by atoms with Crippen molar-refractivity contribution in [2.24, 2.45) is 16.8 Å². The van der Waals surface area contributed by atoms with Crippen molar-refractivity contribution in [1.82, 2.24) is 9.80 Å². The lowest BCUT2D eigenvalue weighted by molar-refractivity contribution is -0.125. The summed E-state index contributed by atoms with van der Waals surface area (Å²) in [5.74, 6) is 2.36. The standard InChI is InChI=1S/C17H29N3O/c1-12(21)19(4)15-18-16(2)10-6-8-13-9-7-11-17(3,14(13)16)20(15)5/h13-14H,6-11H2,1-5H3. The lowest BCUT2D eigenvalue weighted by Crippen LogP contribution is -2.69. The summed E-state index contributed by atoms with van der Waals surface area (Å²) in [7, 11) is 3.99. The third-order valence-electron chi connectivity index (χ3n) is 6.52. The molecular weight excluding hydrogens is 262 g/mol. The zero-order valence-corrected chi connectivity index (χ0v) is 14.1. The maximum atomic E-state index is 11.8. The number of guanidine groups is 1. The summed E-state index contributed by atoms with van der Waals surface area (Å²) in [6.07, 6.45) is 7.67. The van der Waals surface area contributed by atoms with E-state index in [9.17, 15) is 4.79 Å². The fourth-order valence-electron chi connectivity index (χ4n) is 5.39. The molecule has 4 atom stereocenters. The highest BCUT2D eigenvalue weighted by atomic mass is 16.2. The second-order valence-electron chi connectivity index (χ2n) is 7.79. The maximum absolute atomic E-state index is 11.8. The molecule has 3 rings (SSSR count). The minimum atomic E-state index is 0.00361. The molecule has 0 aromatic heterocycles. The van der Waals surface area contributed by atoms with E-state index in [1.165, 1.54) is 32.1 Å². The number of nitrogens with zero attached hydrogens (tertiary/aromatic N) is 3. The zero-order chi connectivity index (χ0) is 15.4. The summed E-state index contributed by atoms with van der Waals surface area (Å²) in [6.45, 7) is 6.35. The predicted octanol–water partition coefficient (Wildman–Crippen LogP) is 2.88. The van der Waals surface area contributed by atoms with Crippen molar-refractivity contribution in [3.05, 3.63) is 0 Å². The Morgan fingerprint density at radius 1 is 1.29 bits per heavy atom. The number of carbonyl (C=O) groups is 1. The monoisotopic (exact) mass is 291 g/mol. The lowest BCUT2D eigenvalue weighted by Gasteiger charge is -2.62.